The second-order valence-corrected chi connectivity index (χ2v) is 7.39. The lowest BCUT2D eigenvalue weighted by Crippen LogP contribution is -2.40. The Morgan fingerprint density at radius 2 is 1.88 bits per heavy atom. The van der Waals surface area contributed by atoms with Gasteiger partial charge in [-0.3, -0.25) is 4.79 Å². The molecule has 170 valence electrons. The number of benzene rings is 2. The molecule has 1 unspecified atom stereocenters. The summed E-state index contributed by atoms with van der Waals surface area (Å²) in [6.07, 6.45) is 1.24. The van der Waals surface area contributed by atoms with Gasteiger partial charge in [0.25, 0.3) is 5.91 Å². The van der Waals surface area contributed by atoms with Gasteiger partial charge in [-0.1, -0.05) is 29.4 Å². The molecule has 0 radical (unpaired) electrons. The average molecular weight is 452 g/mol. The number of carbonyl (C=O) groups is 3. The minimum Gasteiger partial charge on any atom is -0.467 e. The van der Waals surface area contributed by atoms with Crippen LogP contribution in [0.4, 0.5) is 20.6 Å². The third kappa shape index (κ3) is 4.84. The van der Waals surface area contributed by atoms with Crippen LogP contribution in [0.3, 0.4) is 0 Å². The predicted octanol–water partition coefficient (Wildman–Crippen LogP) is 3.90. The summed E-state index contributed by atoms with van der Waals surface area (Å²) in [4.78, 5) is 38.2. The SMILES string of the molecule is COC(=O)C1CCCN1C(=O)c1cc(-c2ccc(NC(=O)Nc3ccccc3F)cc2)no1. The second kappa shape index (κ2) is 9.51. The van der Waals surface area contributed by atoms with Crippen LogP contribution in [0.2, 0.25) is 0 Å². The van der Waals surface area contributed by atoms with E-state index in [0.717, 1.165) is 0 Å². The van der Waals surface area contributed by atoms with Crippen LogP contribution in [-0.4, -0.2) is 47.7 Å². The Hall–Kier alpha value is -4.21. The molecule has 1 aliphatic heterocycles. The lowest BCUT2D eigenvalue weighted by Gasteiger charge is -2.20. The lowest BCUT2D eigenvalue weighted by molar-refractivity contribution is -0.145. The smallest absolute Gasteiger partial charge is 0.328 e. The zero-order valence-electron chi connectivity index (χ0n) is 17.7. The summed E-state index contributed by atoms with van der Waals surface area (Å²) < 4.78 is 23.6. The Labute approximate surface area is 188 Å². The van der Waals surface area contributed by atoms with Gasteiger partial charge in [-0.05, 0) is 37.1 Å². The molecule has 1 saturated heterocycles. The predicted molar refractivity (Wildman–Crippen MR) is 117 cm³/mol. The van der Waals surface area contributed by atoms with Crippen molar-refractivity contribution in [3.05, 3.63) is 66.2 Å². The summed E-state index contributed by atoms with van der Waals surface area (Å²) >= 11 is 0. The number of aromatic nitrogens is 1. The fourth-order valence-corrected chi connectivity index (χ4v) is 3.62. The van der Waals surface area contributed by atoms with Crippen molar-refractivity contribution in [3.8, 4) is 11.3 Å². The normalized spacial score (nSPS) is 15.2. The topological polar surface area (TPSA) is 114 Å². The van der Waals surface area contributed by atoms with Crippen LogP contribution in [0.25, 0.3) is 11.3 Å². The molecule has 0 aliphatic carbocycles. The van der Waals surface area contributed by atoms with E-state index >= 15 is 0 Å². The number of anilines is 2. The van der Waals surface area contributed by atoms with Gasteiger partial charge in [0, 0.05) is 23.9 Å². The number of carbonyl (C=O) groups excluding carboxylic acids is 3. The summed E-state index contributed by atoms with van der Waals surface area (Å²) in [6.45, 7) is 0.434. The molecule has 4 rings (SSSR count). The first kappa shape index (κ1) is 22.0. The molecule has 33 heavy (non-hydrogen) atoms. The standard InChI is InChI=1S/C23H21FN4O5/c1-32-22(30)19-7-4-12-28(19)21(29)20-13-18(27-33-20)14-8-10-15(11-9-14)25-23(31)26-17-6-3-2-5-16(17)24/h2-3,5-6,8-11,13,19H,4,7,12H2,1H3,(H2,25,26,31). The van der Waals surface area contributed by atoms with Gasteiger partial charge in [0.2, 0.25) is 5.76 Å². The van der Waals surface area contributed by atoms with E-state index in [1.807, 2.05) is 0 Å². The van der Waals surface area contributed by atoms with Crippen LogP contribution in [0.5, 0.6) is 0 Å². The number of amides is 3. The van der Waals surface area contributed by atoms with Crippen molar-refractivity contribution in [2.45, 2.75) is 18.9 Å². The van der Waals surface area contributed by atoms with E-state index in [4.69, 9.17) is 9.26 Å². The molecule has 2 heterocycles. The molecule has 2 aromatic carbocycles. The summed E-state index contributed by atoms with van der Waals surface area (Å²) in [6, 6.07) is 12.8. The van der Waals surface area contributed by atoms with E-state index in [1.165, 1.54) is 36.3 Å². The molecule has 1 aromatic heterocycles. The minimum atomic E-state index is -0.628. The summed E-state index contributed by atoms with van der Waals surface area (Å²) in [5.41, 5.74) is 1.63. The van der Waals surface area contributed by atoms with Gasteiger partial charge in [-0.25, -0.2) is 14.0 Å². The number of methoxy groups -OCH3 is 1. The maximum absolute atomic E-state index is 13.7. The highest BCUT2D eigenvalue weighted by Gasteiger charge is 2.36. The number of likely N-dealkylation sites (tertiary alicyclic amines) is 1. The number of nitrogens with zero attached hydrogens (tertiary/aromatic N) is 2. The quantitative estimate of drug-likeness (QED) is 0.568. The van der Waals surface area contributed by atoms with Crippen molar-refractivity contribution in [2.75, 3.05) is 24.3 Å². The van der Waals surface area contributed by atoms with E-state index in [1.54, 1.807) is 30.3 Å². The molecule has 0 saturated carbocycles. The van der Waals surface area contributed by atoms with Gasteiger partial charge in [-0.2, -0.15) is 0 Å². The van der Waals surface area contributed by atoms with Crippen LogP contribution >= 0.6 is 0 Å². The van der Waals surface area contributed by atoms with Crippen molar-refractivity contribution in [3.63, 3.8) is 0 Å². The summed E-state index contributed by atoms with van der Waals surface area (Å²) in [7, 11) is 1.29. The van der Waals surface area contributed by atoms with Crippen LogP contribution < -0.4 is 10.6 Å². The minimum absolute atomic E-state index is 0.0206. The first-order valence-electron chi connectivity index (χ1n) is 10.2. The van der Waals surface area contributed by atoms with Crippen molar-refractivity contribution in [2.24, 2.45) is 0 Å². The molecule has 3 aromatic rings. The molecule has 1 fully saturated rings. The van der Waals surface area contributed by atoms with E-state index in [2.05, 4.69) is 15.8 Å². The van der Waals surface area contributed by atoms with Crippen LogP contribution in [0.1, 0.15) is 23.4 Å². The van der Waals surface area contributed by atoms with Crippen molar-refractivity contribution < 1.29 is 28.0 Å². The molecule has 3 amide bonds. The van der Waals surface area contributed by atoms with Crippen LogP contribution in [-0.2, 0) is 9.53 Å². The molecule has 0 spiro atoms. The zero-order valence-corrected chi connectivity index (χ0v) is 17.7. The monoisotopic (exact) mass is 452 g/mol. The maximum Gasteiger partial charge on any atom is 0.328 e. The molecule has 10 heteroatoms. The van der Waals surface area contributed by atoms with E-state index in [0.29, 0.717) is 36.3 Å². The largest absolute Gasteiger partial charge is 0.467 e. The van der Waals surface area contributed by atoms with Crippen LogP contribution in [0, 0.1) is 5.82 Å². The Balaban J connectivity index is 1.40. The van der Waals surface area contributed by atoms with Gasteiger partial charge in [0.15, 0.2) is 0 Å². The number of hydrogen-bond donors (Lipinski definition) is 2. The number of rotatable bonds is 5. The van der Waals surface area contributed by atoms with Crippen LogP contribution in [0.15, 0.2) is 59.1 Å². The highest BCUT2D eigenvalue weighted by Crippen LogP contribution is 2.25. The molecule has 2 N–H and O–H groups in total. The Kier molecular flexibility index (Phi) is 6.34. The number of hydrogen-bond acceptors (Lipinski definition) is 6. The van der Waals surface area contributed by atoms with Gasteiger partial charge < -0.3 is 24.8 Å². The molecule has 1 aliphatic rings. The number of nitrogens with one attached hydrogen (secondary N) is 2. The van der Waals surface area contributed by atoms with Gasteiger partial charge in [-0.15, -0.1) is 0 Å². The van der Waals surface area contributed by atoms with Gasteiger partial charge >= 0.3 is 12.0 Å². The maximum atomic E-state index is 13.7. The van der Waals surface area contributed by atoms with Gasteiger partial charge in [0.05, 0.1) is 12.8 Å². The second-order valence-electron chi connectivity index (χ2n) is 7.39. The first-order valence-corrected chi connectivity index (χ1v) is 10.2. The number of urea groups is 1. The Bertz CT molecular complexity index is 1180. The van der Waals surface area contributed by atoms with Crippen molar-refractivity contribution in [1.29, 1.82) is 0 Å². The average Bonchev–Trinajstić information content (AvgIpc) is 3.50. The van der Waals surface area contributed by atoms with Gasteiger partial charge in [0.1, 0.15) is 17.6 Å². The number of esters is 1. The molecule has 0 bridgehead atoms. The third-order valence-corrected chi connectivity index (χ3v) is 5.27. The Morgan fingerprint density at radius 3 is 2.61 bits per heavy atom. The van der Waals surface area contributed by atoms with Crippen molar-refractivity contribution in [1.82, 2.24) is 10.1 Å². The van der Waals surface area contributed by atoms with E-state index in [9.17, 15) is 18.8 Å². The molecule has 9 nitrogen and oxygen atoms in total. The first-order chi connectivity index (χ1) is 16.0. The fourth-order valence-electron chi connectivity index (χ4n) is 3.62. The van der Waals surface area contributed by atoms with E-state index < -0.39 is 29.8 Å². The molecular formula is C23H21FN4O5. The number of para-hydroxylation sites is 1. The highest BCUT2D eigenvalue weighted by atomic mass is 19.1. The zero-order chi connectivity index (χ0) is 23.4. The van der Waals surface area contributed by atoms with E-state index in [-0.39, 0.29) is 11.4 Å². The summed E-state index contributed by atoms with van der Waals surface area (Å²) in [5.74, 6) is -1.40. The number of ether oxygens (including phenoxy) is 1. The number of halogens is 1. The fraction of sp³-hybridized carbons (Fsp3) is 0.217. The molecule has 1 atom stereocenters. The summed E-state index contributed by atoms with van der Waals surface area (Å²) in [5, 5.41) is 8.99. The lowest BCUT2D eigenvalue weighted by atomic mass is 10.1. The third-order valence-electron chi connectivity index (χ3n) is 5.27. The van der Waals surface area contributed by atoms with Crippen molar-refractivity contribution >= 4 is 29.3 Å². The Morgan fingerprint density at radius 1 is 1.12 bits per heavy atom. The molecular weight excluding hydrogens is 431 g/mol. The highest BCUT2D eigenvalue weighted by molar-refractivity contribution is 6.00.